The van der Waals surface area contributed by atoms with Crippen molar-refractivity contribution in [3.8, 4) is 11.1 Å². The number of aliphatic hydroxyl groups is 1. The van der Waals surface area contributed by atoms with Gasteiger partial charge in [-0.2, -0.15) is 0 Å². The Morgan fingerprint density at radius 2 is 1.67 bits per heavy atom. The predicted octanol–water partition coefficient (Wildman–Crippen LogP) is 4.13. The molecule has 1 heterocycles. The lowest BCUT2D eigenvalue weighted by molar-refractivity contribution is -0.147. The third-order valence-corrected chi connectivity index (χ3v) is 6.81. The zero-order valence-corrected chi connectivity index (χ0v) is 20.8. The van der Waals surface area contributed by atoms with Gasteiger partial charge in [0.05, 0.1) is 0 Å². The van der Waals surface area contributed by atoms with Crippen LogP contribution in [-0.4, -0.2) is 40.3 Å². The van der Waals surface area contributed by atoms with Gasteiger partial charge in [0.1, 0.15) is 6.04 Å². The highest BCUT2D eigenvalue weighted by atomic mass is 35.5. The molecule has 0 radical (unpaired) electrons. The van der Waals surface area contributed by atoms with Crippen LogP contribution in [0, 0.1) is 0 Å². The summed E-state index contributed by atoms with van der Waals surface area (Å²) < 4.78 is 0. The number of benzene rings is 3. The monoisotopic (exact) mass is 527 g/mol. The minimum atomic E-state index is -1.59. The summed E-state index contributed by atoms with van der Waals surface area (Å²) in [5.41, 5.74) is 9.90. The molecule has 2 unspecified atom stereocenters. The van der Waals surface area contributed by atoms with Crippen molar-refractivity contribution in [2.24, 2.45) is 0 Å². The van der Waals surface area contributed by atoms with Crippen LogP contribution >= 0.6 is 23.2 Å². The number of carbonyl (C=O) groups excluding carboxylic acids is 1. The second kappa shape index (κ2) is 11.9. The molecule has 3 aromatic carbocycles. The Hall–Kier alpha value is -2.94. The van der Waals surface area contributed by atoms with E-state index in [1.165, 1.54) is 0 Å². The minimum absolute atomic E-state index is 0.120. The van der Waals surface area contributed by atoms with Crippen LogP contribution in [0.5, 0.6) is 0 Å². The molecular weight excluding hydrogens is 501 g/mol. The van der Waals surface area contributed by atoms with Crippen LogP contribution in [-0.2, 0) is 16.0 Å². The van der Waals surface area contributed by atoms with Gasteiger partial charge in [0, 0.05) is 28.5 Å². The number of aliphatic hydroxyl groups excluding tert-OH is 1. The normalized spacial score (nSPS) is 19.0. The van der Waals surface area contributed by atoms with Crippen LogP contribution in [0.2, 0.25) is 10.0 Å². The molecule has 4 atom stereocenters. The maximum absolute atomic E-state index is 13.1. The first kappa shape index (κ1) is 26.1. The van der Waals surface area contributed by atoms with E-state index in [2.05, 4.69) is 16.2 Å². The van der Waals surface area contributed by atoms with Crippen LogP contribution < -0.4 is 16.2 Å². The number of carboxylic acids is 1. The number of halogens is 2. The molecule has 7 nitrogen and oxygen atoms in total. The molecule has 5 N–H and O–H groups in total. The second-order valence-corrected chi connectivity index (χ2v) is 9.70. The molecule has 1 saturated heterocycles. The van der Waals surface area contributed by atoms with Gasteiger partial charge in [0.2, 0.25) is 5.91 Å². The zero-order valence-electron chi connectivity index (χ0n) is 19.3. The van der Waals surface area contributed by atoms with Gasteiger partial charge in [-0.05, 0) is 53.3 Å². The van der Waals surface area contributed by atoms with E-state index in [1.807, 2.05) is 54.6 Å². The van der Waals surface area contributed by atoms with E-state index >= 15 is 0 Å². The molecule has 1 aliphatic rings. The Morgan fingerprint density at radius 3 is 2.36 bits per heavy atom. The van der Waals surface area contributed by atoms with Crippen LogP contribution in [0.15, 0.2) is 72.8 Å². The van der Waals surface area contributed by atoms with Crippen molar-refractivity contribution in [2.75, 3.05) is 0 Å². The summed E-state index contributed by atoms with van der Waals surface area (Å²) in [5.74, 6) is -1.63. The topological polar surface area (TPSA) is 111 Å². The van der Waals surface area contributed by atoms with Gasteiger partial charge < -0.3 is 15.5 Å². The Balaban J connectivity index is 1.43. The summed E-state index contributed by atoms with van der Waals surface area (Å²) in [7, 11) is 0. The highest BCUT2D eigenvalue weighted by Gasteiger charge is 2.33. The fourth-order valence-electron chi connectivity index (χ4n) is 4.33. The number of carboxylic acid groups (broad SMARTS) is 1. The molecule has 4 rings (SSSR count). The molecule has 0 spiro atoms. The number of aliphatic carboxylic acids is 1. The minimum Gasteiger partial charge on any atom is -0.479 e. The molecular formula is C27H27Cl2N3O4. The summed E-state index contributed by atoms with van der Waals surface area (Å²) >= 11 is 12.4. The summed E-state index contributed by atoms with van der Waals surface area (Å²) in [6, 6.07) is 21.6. The smallest absolute Gasteiger partial charge is 0.332 e. The van der Waals surface area contributed by atoms with Gasteiger partial charge in [0.25, 0.3) is 0 Å². The SMILES string of the molecule is O=C(N[C@H](Cc1ccc(-c2ccccc2)cc1)C[C@@H](O)C(=O)O)C1CC(c2cc(Cl)ccc2Cl)NN1. The van der Waals surface area contributed by atoms with Crippen molar-refractivity contribution in [3.63, 3.8) is 0 Å². The fourth-order valence-corrected chi connectivity index (χ4v) is 4.76. The first-order valence-corrected chi connectivity index (χ1v) is 12.4. The third kappa shape index (κ3) is 6.63. The van der Waals surface area contributed by atoms with Gasteiger partial charge in [-0.15, -0.1) is 0 Å². The van der Waals surface area contributed by atoms with Crippen LogP contribution in [0.4, 0.5) is 0 Å². The van der Waals surface area contributed by atoms with Gasteiger partial charge in [-0.3, -0.25) is 4.79 Å². The van der Waals surface area contributed by atoms with Gasteiger partial charge in [0.15, 0.2) is 6.10 Å². The van der Waals surface area contributed by atoms with Crippen molar-refractivity contribution >= 4 is 35.1 Å². The van der Waals surface area contributed by atoms with E-state index in [4.69, 9.17) is 23.2 Å². The summed E-state index contributed by atoms with van der Waals surface area (Å²) in [5, 5.41) is 23.2. The fraction of sp³-hybridized carbons (Fsp3) is 0.259. The molecule has 0 saturated carbocycles. The van der Waals surface area contributed by atoms with Crippen LogP contribution in [0.1, 0.15) is 30.0 Å². The maximum Gasteiger partial charge on any atom is 0.332 e. The summed E-state index contributed by atoms with van der Waals surface area (Å²) in [6.07, 6.45) is -0.919. The molecule has 0 aliphatic carbocycles. The molecule has 188 valence electrons. The van der Waals surface area contributed by atoms with Gasteiger partial charge in [-0.1, -0.05) is 77.8 Å². The highest BCUT2D eigenvalue weighted by Crippen LogP contribution is 2.31. The van der Waals surface area contributed by atoms with Gasteiger partial charge >= 0.3 is 5.97 Å². The highest BCUT2D eigenvalue weighted by molar-refractivity contribution is 6.33. The van der Waals surface area contributed by atoms with E-state index in [-0.39, 0.29) is 18.4 Å². The lowest BCUT2D eigenvalue weighted by Gasteiger charge is -2.22. The van der Waals surface area contributed by atoms with Crippen LogP contribution in [0.25, 0.3) is 11.1 Å². The predicted molar refractivity (Wildman–Crippen MR) is 140 cm³/mol. The number of rotatable bonds is 9. The summed E-state index contributed by atoms with van der Waals surface area (Å²) in [4.78, 5) is 24.3. The average Bonchev–Trinajstić information content (AvgIpc) is 3.37. The molecule has 1 fully saturated rings. The second-order valence-electron chi connectivity index (χ2n) is 8.86. The number of nitrogens with one attached hydrogen (secondary N) is 3. The first-order valence-electron chi connectivity index (χ1n) is 11.6. The Bertz CT molecular complexity index is 1210. The molecule has 1 amide bonds. The van der Waals surface area contributed by atoms with Crippen LogP contribution in [0.3, 0.4) is 0 Å². The van der Waals surface area contributed by atoms with E-state index in [9.17, 15) is 19.8 Å². The van der Waals surface area contributed by atoms with Gasteiger partial charge in [-0.25, -0.2) is 15.6 Å². The molecule has 0 aromatic heterocycles. The third-order valence-electron chi connectivity index (χ3n) is 6.24. The molecule has 3 aromatic rings. The Labute approximate surface area is 219 Å². The van der Waals surface area contributed by atoms with E-state index in [0.29, 0.717) is 22.9 Å². The molecule has 9 heteroatoms. The standard InChI is InChI=1S/C27H27Cl2N3O4/c28-19-10-11-22(29)21(13-19)23-15-24(32-31-23)26(34)30-20(14-25(33)27(35)36)12-16-6-8-18(9-7-16)17-4-2-1-3-5-17/h1-11,13,20,23-25,31-33H,12,14-15H2,(H,30,34)(H,35,36)/t20-,23?,24?,25-/m1/s1. The number of hydrogen-bond donors (Lipinski definition) is 5. The lowest BCUT2D eigenvalue weighted by atomic mass is 9.97. The summed E-state index contributed by atoms with van der Waals surface area (Å²) in [6.45, 7) is 0. The number of amides is 1. The van der Waals surface area contributed by atoms with E-state index in [1.54, 1.807) is 18.2 Å². The quantitative estimate of drug-likeness (QED) is 0.286. The molecule has 0 bridgehead atoms. The molecule has 36 heavy (non-hydrogen) atoms. The number of hydrogen-bond acceptors (Lipinski definition) is 5. The lowest BCUT2D eigenvalue weighted by Crippen LogP contribution is -2.48. The first-order chi connectivity index (χ1) is 17.3. The number of carbonyl (C=O) groups is 2. The Morgan fingerprint density at radius 1 is 0.972 bits per heavy atom. The van der Waals surface area contributed by atoms with Crippen molar-refractivity contribution in [1.82, 2.24) is 16.2 Å². The average molecular weight is 528 g/mol. The largest absolute Gasteiger partial charge is 0.479 e. The Kier molecular flexibility index (Phi) is 8.61. The van der Waals surface area contributed by atoms with Crippen molar-refractivity contribution in [1.29, 1.82) is 0 Å². The van der Waals surface area contributed by atoms with Crippen molar-refractivity contribution in [2.45, 2.75) is 43.5 Å². The number of hydrazine groups is 1. The zero-order chi connectivity index (χ0) is 25.7. The van der Waals surface area contributed by atoms with E-state index in [0.717, 1.165) is 22.3 Å². The van der Waals surface area contributed by atoms with E-state index < -0.39 is 24.2 Å². The maximum atomic E-state index is 13.1. The van der Waals surface area contributed by atoms with Crippen molar-refractivity contribution < 1.29 is 19.8 Å². The molecule has 1 aliphatic heterocycles. The van der Waals surface area contributed by atoms with Crippen molar-refractivity contribution in [3.05, 3.63) is 94.0 Å².